The smallest absolute Gasteiger partial charge is 0.247 e. The molecule has 1 fully saturated rings. The van der Waals surface area contributed by atoms with E-state index in [-0.39, 0.29) is 11.8 Å². The Morgan fingerprint density at radius 2 is 2.12 bits per heavy atom. The van der Waals surface area contributed by atoms with Crippen molar-refractivity contribution in [3.63, 3.8) is 0 Å². The van der Waals surface area contributed by atoms with Crippen LogP contribution in [0.2, 0.25) is 0 Å². The largest absolute Gasteiger partial charge is 0.497 e. The monoisotopic (exact) mass is 344 g/mol. The highest BCUT2D eigenvalue weighted by Gasteiger charge is 2.33. The normalized spacial score (nSPS) is 17.5. The molecule has 1 aliphatic rings. The second-order valence-electron chi connectivity index (χ2n) is 5.63. The molecule has 0 bridgehead atoms. The van der Waals surface area contributed by atoms with Gasteiger partial charge >= 0.3 is 0 Å². The van der Waals surface area contributed by atoms with Gasteiger partial charge in [0.15, 0.2) is 0 Å². The Hall–Kier alpha value is -2.34. The predicted octanol–water partition coefficient (Wildman–Crippen LogP) is 2.39. The van der Waals surface area contributed by atoms with Gasteiger partial charge in [-0.1, -0.05) is 18.2 Å². The fraction of sp³-hybridized carbons (Fsp3) is 0.333. The van der Waals surface area contributed by atoms with Gasteiger partial charge in [-0.2, -0.15) is 0 Å². The lowest BCUT2D eigenvalue weighted by atomic mass is 10.0. The molecule has 1 aromatic carbocycles. The average Bonchev–Trinajstić information content (AvgIpc) is 3.13. The van der Waals surface area contributed by atoms with Crippen molar-refractivity contribution in [2.75, 3.05) is 20.2 Å². The molecule has 1 aromatic heterocycles. The number of piperazine rings is 1. The molecule has 0 radical (unpaired) electrons. The minimum atomic E-state index is -0.569. The van der Waals surface area contributed by atoms with Crippen molar-refractivity contribution in [2.45, 2.75) is 18.9 Å². The van der Waals surface area contributed by atoms with Crippen molar-refractivity contribution in [3.8, 4) is 5.75 Å². The second-order valence-corrected chi connectivity index (χ2v) is 6.67. The molecule has 1 N–H and O–H groups in total. The van der Waals surface area contributed by atoms with E-state index in [0.29, 0.717) is 25.9 Å². The number of nitrogens with zero attached hydrogens (tertiary/aromatic N) is 1. The maximum Gasteiger partial charge on any atom is 0.247 e. The number of carbonyl (C=O) groups is 2. The molecule has 6 heteroatoms. The molecule has 0 spiro atoms. The molecule has 0 saturated carbocycles. The van der Waals surface area contributed by atoms with Crippen LogP contribution < -0.4 is 10.1 Å². The lowest BCUT2D eigenvalue weighted by Crippen LogP contribution is -2.52. The van der Waals surface area contributed by atoms with Crippen LogP contribution in [0.4, 0.5) is 0 Å². The highest BCUT2D eigenvalue weighted by Crippen LogP contribution is 2.26. The third kappa shape index (κ3) is 3.59. The number of hydrogen-bond acceptors (Lipinski definition) is 4. The number of carbonyl (C=O) groups excluding carboxylic acids is 2. The van der Waals surface area contributed by atoms with Crippen molar-refractivity contribution >= 4 is 23.2 Å². The zero-order valence-electron chi connectivity index (χ0n) is 13.5. The molecule has 1 saturated heterocycles. The van der Waals surface area contributed by atoms with E-state index in [1.54, 1.807) is 23.3 Å². The van der Waals surface area contributed by atoms with E-state index in [4.69, 9.17) is 4.74 Å². The zero-order chi connectivity index (χ0) is 16.9. The fourth-order valence-electron chi connectivity index (χ4n) is 2.88. The molecule has 2 aromatic rings. The van der Waals surface area contributed by atoms with Gasteiger partial charge < -0.3 is 15.0 Å². The van der Waals surface area contributed by atoms with Gasteiger partial charge in [-0.25, -0.2) is 0 Å². The average molecular weight is 344 g/mol. The van der Waals surface area contributed by atoms with Crippen LogP contribution in [0.3, 0.4) is 0 Å². The van der Waals surface area contributed by atoms with Gasteiger partial charge in [0.1, 0.15) is 11.8 Å². The highest BCUT2D eigenvalue weighted by atomic mass is 32.1. The first kappa shape index (κ1) is 16.5. The Bertz CT molecular complexity index is 698. The van der Waals surface area contributed by atoms with Crippen molar-refractivity contribution in [3.05, 3.63) is 52.2 Å². The number of aryl methyl sites for hydroxylation is 1. The number of nitrogens with one attached hydrogen (secondary N) is 1. The number of benzene rings is 1. The van der Waals surface area contributed by atoms with E-state index < -0.39 is 6.04 Å². The summed E-state index contributed by atoms with van der Waals surface area (Å²) in [5, 5.41) is 4.86. The van der Waals surface area contributed by atoms with Crippen LogP contribution in [-0.2, 0) is 16.0 Å². The molecule has 1 atom stereocenters. The Labute approximate surface area is 145 Å². The third-order valence-electron chi connectivity index (χ3n) is 4.13. The van der Waals surface area contributed by atoms with Gasteiger partial charge in [-0.05, 0) is 35.6 Å². The molecule has 5 nitrogen and oxygen atoms in total. The minimum Gasteiger partial charge on any atom is -0.497 e. The fourth-order valence-corrected chi connectivity index (χ4v) is 3.59. The van der Waals surface area contributed by atoms with Gasteiger partial charge in [-0.15, -0.1) is 11.3 Å². The summed E-state index contributed by atoms with van der Waals surface area (Å²) in [6, 6.07) is 10.8. The van der Waals surface area contributed by atoms with Crippen LogP contribution in [0.5, 0.6) is 5.75 Å². The summed E-state index contributed by atoms with van der Waals surface area (Å²) in [5.74, 6) is 0.612. The highest BCUT2D eigenvalue weighted by molar-refractivity contribution is 7.09. The number of amides is 2. The first-order valence-corrected chi connectivity index (χ1v) is 8.80. The Kier molecular flexibility index (Phi) is 5.15. The van der Waals surface area contributed by atoms with Gasteiger partial charge in [-0.3, -0.25) is 9.59 Å². The lowest BCUT2D eigenvalue weighted by Gasteiger charge is -2.35. The summed E-state index contributed by atoms with van der Waals surface area (Å²) in [7, 11) is 1.60. The SMILES string of the molecule is COc1ccc(C2C(=O)NCCN2C(=O)CCc2cccs2)cc1. The van der Waals surface area contributed by atoms with Gasteiger partial charge in [0, 0.05) is 24.4 Å². The van der Waals surface area contributed by atoms with E-state index in [9.17, 15) is 9.59 Å². The van der Waals surface area contributed by atoms with Crippen molar-refractivity contribution in [1.82, 2.24) is 10.2 Å². The predicted molar refractivity (Wildman–Crippen MR) is 93.1 cm³/mol. The Balaban J connectivity index is 1.75. The molecule has 24 heavy (non-hydrogen) atoms. The van der Waals surface area contributed by atoms with Crippen LogP contribution in [-0.4, -0.2) is 36.9 Å². The molecule has 0 aliphatic carbocycles. The molecule has 126 valence electrons. The van der Waals surface area contributed by atoms with E-state index in [0.717, 1.165) is 11.3 Å². The second kappa shape index (κ2) is 7.49. The van der Waals surface area contributed by atoms with Crippen LogP contribution >= 0.6 is 11.3 Å². The molecule has 2 heterocycles. The van der Waals surface area contributed by atoms with Crippen molar-refractivity contribution < 1.29 is 14.3 Å². The molecule has 1 aliphatic heterocycles. The maximum absolute atomic E-state index is 12.7. The van der Waals surface area contributed by atoms with Gasteiger partial charge in [0.05, 0.1) is 7.11 Å². The number of ether oxygens (including phenoxy) is 1. The Morgan fingerprint density at radius 3 is 2.79 bits per heavy atom. The maximum atomic E-state index is 12.7. The van der Waals surface area contributed by atoms with Gasteiger partial charge in [0.25, 0.3) is 0 Å². The van der Waals surface area contributed by atoms with Crippen LogP contribution in [0.25, 0.3) is 0 Å². The summed E-state index contributed by atoms with van der Waals surface area (Å²) in [6.45, 7) is 1.03. The topological polar surface area (TPSA) is 58.6 Å². The van der Waals surface area contributed by atoms with Crippen LogP contribution in [0.1, 0.15) is 22.9 Å². The molecule has 3 rings (SSSR count). The summed E-state index contributed by atoms with van der Waals surface area (Å²) >= 11 is 1.65. The van der Waals surface area contributed by atoms with E-state index in [1.165, 1.54) is 4.88 Å². The molecule has 2 amide bonds. The lowest BCUT2D eigenvalue weighted by molar-refractivity contribution is -0.143. The first-order valence-electron chi connectivity index (χ1n) is 7.92. The molecule has 1 unspecified atom stereocenters. The number of thiophene rings is 1. The minimum absolute atomic E-state index is 0.0130. The van der Waals surface area contributed by atoms with E-state index in [2.05, 4.69) is 5.32 Å². The summed E-state index contributed by atoms with van der Waals surface area (Å²) in [5.41, 5.74) is 0.803. The molecular weight excluding hydrogens is 324 g/mol. The number of methoxy groups -OCH3 is 1. The third-order valence-corrected chi connectivity index (χ3v) is 5.07. The van der Waals surface area contributed by atoms with E-state index >= 15 is 0 Å². The quantitative estimate of drug-likeness (QED) is 0.906. The van der Waals surface area contributed by atoms with Crippen LogP contribution in [0, 0.1) is 0 Å². The number of hydrogen-bond donors (Lipinski definition) is 1. The van der Waals surface area contributed by atoms with Gasteiger partial charge in [0.2, 0.25) is 11.8 Å². The first-order chi connectivity index (χ1) is 11.7. The summed E-state index contributed by atoms with van der Waals surface area (Å²) in [4.78, 5) is 27.9. The Morgan fingerprint density at radius 1 is 1.33 bits per heavy atom. The van der Waals surface area contributed by atoms with E-state index in [1.807, 2.05) is 41.8 Å². The number of rotatable bonds is 5. The van der Waals surface area contributed by atoms with Crippen molar-refractivity contribution in [1.29, 1.82) is 0 Å². The van der Waals surface area contributed by atoms with Crippen LogP contribution in [0.15, 0.2) is 41.8 Å². The standard InChI is InChI=1S/C18H20N2O3S/c1-23-14-6-4-13(5-7-14)17-18(22)19-10-11-20(17)16(21)9-8-15-3-2-12-24-15/h2-7,12,17H,8-11H2,1H3,(H,19,22). The molecular formula is C18H20N2O3S. The summed E-state index contributed by atoms with van der Waals surface area (Å²) in [6.07, 6.45) is 1.13. The zero-order valence-corrected chi connectivity index (χ0v) is 14.3. The van der Waals surface area contributed by atoms with Crippen molar-refractivity contribution in [2.24, 2.45) is 0 Å². The summed E-state index contributed by atoms with van der Waals surface area (Å²) < 4.78 is 5.16.